The van der Waals surface area contributed by atoms with E-state index < -0.39 is 0 Å². The molecule has 1 amide bonds. The minimum absolute atomic E-state index is 0. The lowest BCUT2D eigenvalue weighted by Crippen LogP contribution is -2.31. The summed E-state index contributed by atoms with van der Waals surface area (Å²) < 4.78 is 11.0. The molecule has 124 valence electrons. The van der Waals surface area contributed by atoms with Crippen LogP contribution in [0.15, 0.2) is 24.3 Å². The van der Waals surface area contributed by atoms with Gasteiger partial charge in [0.05, 0.1) is 13.2 Å². The van der Waals surface area contributed by atoms with Gasteiger partial charge in [0.1, 0.15) is 11.5 Å². The molecular formula is C16H25ClN2O3. The van der Waals surface area contributed by atoms with E-state index in [1.165, 1.54) is 0 Å². The summed E-state index contributed by atoms with van der Waals surface area (Å²) in [6.07, 6.45) is 2.15. The van der Waals surface area contributed by atoms with Crippen molar-refractivity contribution < 1.29 is 14.3 Å². The highest BCUT2D eigenvalue weighted by Gasteiger charge is 2.22. The third-order valence-corrected chi connectivity index (χ3v) is 3.52. The van der Waals surface area contributed by atoms with E-state index in [1.807, 2.05) is 36.1 Å². The van der Waals surface area contributed by atoms with Gasteiger partial charge in [0, 0.05) is 25.6 Å². The first kappa shape index (κ1) is 18.6. The number of hydrogen-bond acceptors (Lipinski definition) is 4. The fourth-order valence-electron chi connectivity index (χ4n) is 2.38. The van der Waals surface area contributed by atoms with Crippen LogP contribution in [0.2, 0.25) is 0 Å². The first-order valence-electron chi connectivity index (χ1n) is 7.58. The van der Waals surface area contributed by atoms with Gasteiger partial charge >= 0.3 is 0 Å². The Morgan fingerprint density at radius 1 is 1.27 bits per heavy atom. The summed E-state index contributed by atoms with van der Waals surface area (Å²) in [5.41, 5.74) is 5.80. The normalized spacial score (nSPS) is 17.0. The molecule has 0 unspecified atom stereocenters. The lowest BCUT2D eigenvalue weighted by Gasteiger charge is -2.15. The Morgan fingerprint density at radius 2 is 1.91 bits per heavy atom. The van der Waals surface area contributed by atoms with Crippen molar-refractivity contribution in [2.75, 3.05) is 26.3 Å². The third kappa shape index (κ3) is 5.73. The number of carbonyl (C=O) groups is 1. The lowest BCUT2D eigenvalue weighted by atomic mass is 10.3. The van der Waals surface area contributed by atoms with Crippen LogP contribution in [0.5, 0.6) is 11.5 Å². The van der Waals surface area contributed by atoms with Gasteiger partial charge in [-0.1, -0.05) is 0 Å². The lowest BCUT2D eigenvalue weighted by molar-refractivity contribution is -0.130. The van der Waals surface area contributed by atoms with Crippen LogP contribution in [0.4, 0.5) is 0 Å². The van der Waals surface area contributed by atoms with E-state index in [0.29, 0.717) is 26.2 Å². The summed E-state index contributed by atoms with van der Waals surface area (Å²) >= 11 is 0. The molecule has 0 spiro atoms. The maximum Gasteiger partial charge on any atom is 0.222 e. The van der Waals surface area contributed by atoms with Crippen molar-refractivity contribution in [1.82, 2.24) is 4.90 Å². The van der Waals surface area contributed by atoms with Gasteiger partial charge in [-0.15, -0.1) is 12.4 Å². The van der Waals surface area contributed by atoms with Crippen LogP contribution >= 0.6 is 12.4 Å². The highest BCUT2D eigenvalue weighted by molar-refractivity contribution is 5.85. The first-order chi connectivity index (χ1) is 10.2. The molecule has 0 aliphatic carbocycles. The quantitative estimate of drug-likeness (QED) is 0.779. The third-order valence-electron chi connectivity index (χ3n) is 3.52. The second kappa shape index (κ2) is 9.54. The summed E-state index contributed by atoms with van der Waals surface area (Å²) in [5.74, 6) is 1.82. The van der Waals surface area contributed by atoms with Crippen molar-refractivity contribution in [1.29, 1.82) is 0 Å². The van der Waals surface area contributed by atoms with Crippen molar-refractivity contribution >= 4 is 18.3 Å². The SMILES string of the molecule is CCOc1ccc(OCCCC(=O)N2CC[C@@H](N)C2)cc1.Cl. The molecule has 0 aromatic heterocycles. The van der Waals surface area contributed by atoms with E-state index in [-0.39, 0.29) is 24.4 Å². The number of hydrogen-bond donors (Lipinski definition) is 1. The van der Waals surface area contributed by atoms with Gasteiger partial charge in [0.25, 0.3) is 0 Å². The predicted molar refractivity (Wildman–Crippen MR) is 88.8 cm³/mol. The molecule has 22 heavy (non-hydrogen) atoms. The van der Waals surface area contributed by atoms with Crippen molar-refractivity contribution in [2.24, 2.45) is 5.73 Å². The average molecular weight is 329 g/mol. The Morgan fingerprint density at radius 3 is 2.45 bits per heavy atom. The van der Waals surface area contributed by atoms with Gasteiger partial charge in [-0.2, -0.15) is 0 Å². The molecule has 0 radical (unpaired) electrons. The highest BCUT2D eigenvalue weighted by atomic mass is 35.5. The molecule has 1 aliphatic rings. The summed E-state index contributed by atoms with van der Waals surface area (Å²) in [6.45, 7) is 4.63. The van der Waals surface area contributed by atoms with Crippen LogP contribution in [0.3, 0.4) is 0 Å². The number of rotatable bonds is 7. The fraction of sp³-hybridized carbons (Fsp3) is 0.562. The molecule has 1 aliphatic heterocycles. The maximum atomic E-state index is 11.9. The zero-order valence-electron chi connectivity index (χ0n) is 13.0. The van der Waals surface area contributed by atoms with Crippen molar-refractivity contribution in [3.05, 3.63) is 24.3 Å². The Labute approximate surface area is 138 Å². The molecule has 1 heterocycles. The van der Waals surface area contributed by atoms with E-state index >= 15 is 0 Å². The molecule has 6 heteroatoms. The largest absolute Gasteiger partial charge is 0.494 e. The maximum absolute atomic E-state index is 11.9. The van der Waals surface area contributed by atoms with Crippen LogP contribution < -0.4 is 15.2 Å². The number of ether oxygens (including phenoxy) is 2. The molecule has 1 fully saturated rings. The fourth-order valence-corrected chi connectivity index (χ4v) is 2.38. The first-order valence-corrected chi connectivity index (χ1v) is 7.58. The Kier molecular flexibility index (Phi) is 8.06. The van der Waals surface area contributed by atoms with Gasteiger partial charge in [-0.05, 0) is 44.0 Å². The number of halogens is 1. The number of likely N-dealkylation sites (tertiary alicyclic amines) is 1. The van der Waals surface area contributed by atoms with E-state index in [2.05, 4.69) is 0 Å². The standard InChI is InChI=1S/C16H24N2O3.ClH/c1-2-20-14-5-7-15(8-6-14)21-11-3-4-16(19)18-10-9-13(17)12-18;/h5-8,13H,2-4,9-12,17H2,1H3;1H/t13-;/m1./s1. The number of nitrogens with zero attached hydrogens (tertiary/aromatic N) is 1. The van der Waals surface area contributed by atoms with Crippen LogP contribution in [0.25, 0.3) is 0 Å². The van der Waals surface area contributed by atoms with Gasteiger partial charge < -0.3 is 20.1 Å². The summed E-state index contributed by atoms with van der Waals surface area (Å²) in [5, 5.41) is 0. The zero-order chi connectivity index (χ0) is 15.1. The average Bonchev–Trinajstić information content (AvgIpc) is 2.92. The highest BCUT2D eigenvalue weighted by Crippen LogP contribution is 2.18. The van der Waals surface area contributed by atoms with Crippen molar-refractivity contribution in [3.8, 4) is 11.5 Å². The van der Waals surface area contributed by atoms with Crippen LogP contribution in [-0.4, -0.2) is 43.2 Å². The molecule has 5 nitrogen and oxygen atoms in total. The number of benzene rings is 1. The summed E-state index contributed by atoms with van der Waals surface area (Å²) in [6, 6.07) is 7.68. The zero-order valence-corrected chi connectivity index (χ0v) is 13.8. The molecule has 2 rings (SSSR count). The molecule has 0 bridgehead atoms. The minimum atomic E-state index is 0. The van der Waals surface area contributed by atoms with Gasteiger partial charge in [-0.25, -0.2) is 0 Å². The molecule has 1 atom stereocenters. The van der Waals surface area contributed by atoms with Gasteiger partial charge in [-0.3, -0.25) is 4.79 Å². The molecule has 1 aromatic rings. The second-order valence-corrected chi connectivity index (χ2v) is 5.24. The molecule has 0 saturated carbocycles. The Hall–Kier alpha value is -1.46. The van der Waals surface area contributed by atoms with E-state index in [1.54, 1.807) is 0 Å². The van der Waals surface area contributed by atoms with E-state index in [9.17, 15) is 4.79 Å². The Balaban J connectivity index is 0.00000242. The number of nitrogens with two attached hydrogens (primary N) is 1. The molecule has 1 saturated heterocycles. The topological polar surface area (TPSA) is 64.8 Å². The van der Waals surface area contributed by atoms with Crippen molar-refractivity contribution in [3.63, 3.8) is 0 Å². The minimum Gasteiger partial charge on any atom is -0.494 e. The summed E-state index contributed by atoms with van der Waals surface area (Å²) in [4.78, 5) is 13.8. The van der Waals surface area contributed by atoms with E-state index in [4.69, 9.17) is 15.2 Å². The van der Waals surface area contributed by atoms with Crippen LogP contribution in [-0.2, 0) is 4.79 Å². The number of carbonyl (C=O) groups excluding carboxylic acids is 1. The molecule has 2 N–H and O–H groups in total. The number of amides is 1. The smallest absolute Gasteiger partial charge is 0.222 e. The van der Waals surface area contributed by atoms with Crippen molar-refractivity contribution in [2.45, 2.75) is 32.2 Å². The second-order valence-electron chi connectivity index (χ2n) is 5.24. The summed E-state index contributed by atoms with van der Waals surface area (Å²) in [7, 11) is 0. The van der Waals surface area contributed by atoms with Gasteiger partial charge in [0.15, 0.2) is 0 Å². The predicted octanol–water partition coefficient (Wildman–Crippen LogP) is 2.23. The van der Waals surface area contributed by atoms with Crippen LogP contribution in [0, 0.1) is 0 Å². The van der Waals surface area contributed by atoms with Crippen LogP contribution in [0.1, 0.15) is 26.2 Å². The molecule has 1 aromatic carbocycles. The monoisotopic (exact) mass is 328 g/mol. The van der Waals surface area contributed by atoms with Gasteiger partial charge in [0.2, 0.25) is 5.91 Å². The molecular weight excluding hydrogens is 304 g/mol. The Bertz CT molecular complexity index is 453. The van der Waals surface area contributed by atoms with E-state index in [0.717, 1.165) is 30.9 Å².